The number of hydrogen-bond acceptors (Lipinski definition) is 5. The van der Waals surface area contributed by atoms with Gasteiger partial charge in [-0.05, 0) is 25.8 Å². The van der Waals surface area contributed by atoms with Crippen LogP contribution in [0.15, 0.2) is 17.6 Å². The molecule has 1 fully saturated rings. The topological polar surface area (TPSA) is 95.5 Å². The van der Waals surface area contributed by atoms with E-state index in [-0.39, 0.29) is 19.1 Å². The zero-order chi connectivity index (χ0) is 18.0. The summed E-state index contributed by atoms with van der Waals surface area (Å²) in [6.45, 7) is 2.73. The van der Waals surface area contributed by atoms with Gasteiger partial charge in [-0.2, -0.15) is 0 Å². The van der Waals surface area contributed by atoms with Crippen LogP contribution in [0.25, 0.3) is 11.3 Å². The fourth-order valence-corrected chi connectivity index (χ4v) is 3.89. The number of thiazole rings is 1. The zero-order valence-electron chi connectivity index (χ0n) is 14.2. The van der Waals surface area contributed by atoms with Crippen molar-refractivity contribution in [1.29, 1.82) is 0 Å². The molecule has 1 saturated heterocycles. The Labute approximate surface area is 149 Å². The van der Waals surface area contributed by atoms with Crippen molar-refractivity contribution in [3.05, 3.63) is 28.3 Å². The van der Waals surface area contributed by atoms with E-state index in [2.05, 4.69) is 9.97 Å². The Hall–Kier alpha value is -2.19. The fourth-order valence-electron chi connectivity index (χ4n) is 3.27. The molecular formula is C17H21N3O4S. The van der Waals surface area contributed by atoms with Crippen LogP contribution in [0.2, 0.25) is 0 Å². The molecule has 8 heteroatoms. The van der Waals surface area contributed by atoms with Crippen LogP contribution in [0.3, 0.4) is 0 Å². The van der Waals surface area contributed by atoms with Crippen molar-refractivity contribution in [3.8, 4) is 11.3 Å². The number of aromatic nitrogens is 2. The Morgan fingerprint density at radius 3 is 2.96 bits per heavy atom. The molecule has 1 atom stereocenters. The van der Waals surface area contributed by atoms with Crippen LogP contribution in [-0.2, 0) is 9.53 Å². The highest BCUT2D eigenvalue weighted by molar-refractivity contribution is 7.09. The molecule has 1 amide bonds. The predicted octanol–water partition coefficient (Wildman–Crippen LogP) is 2.40. The van der Waals surface area contributed by atoms with E-state index < -0.39 is 11.4 Å². The Bertz CT molecular complexity index is 780. The molecule has 2 aromatic rings. The van der Waals surface area contributed by atoms with Gasteiger partial charge >= 0.3 is 5.97 Å². The van der Waals surface area contributed by atoms with Gasteiger partial charge in [-0.25, -0.2) is 4.98 Å². The summed E-state index contributed by atoms with van der Waals surface area (Å²) in [5.74, 6) is -1.11. The van der Waals surface area contributed by atoms with Gasteiger partial charge in [-0.3, -0.25) is 9.59 Å². The highest BCUT2D eigenvalue weighted by Gasteiger charge is 2.44. The lowest BCUT2D eigenvalue weighted by Crippen LogP contribution is -2.52. The Morgan fingerprint density at radius 2 is 2.32 bits per heavy atom. The second kappa shape index (κ2) is 6.97. The van der Waals surface area contributed by atoms with Gasteiger partial charge in [-0.1, -0.05) is 0 Å². The molecule has 0 saturated carbocycles. The number of nitrogens with one attached hydrogen (secondary N) is 1. The van der Waals surface area contributed by atoms with Crippen molar-refractivity contribution < 1.29 is 19.4 Å². The molecule has 1 aliphatic rings. The SMILES string of the molecule is COCC1(C(=O)O)CCCN(C(=O)c2cc(-c3csc(C)n3)c[nH]2)C1. The van der Waals surface area contributed by atoms with Crippen LogP contribution in [0.4, 0.5) is 0 Å². The maximum Gasteiger partial charge on any atom is 0.313 e. The minimum atomic E-state index is -1.04. The van der Waals surface area contributed by atoms with E-state index in [1.165, 1.54) is 7.11 Å². The van der Waals surface area contributed by atoms with Gasteiger partial charge in [0.05, 0.1) is 17.3 Å². The lowest BCUT2D eigenvalue weighted by atomic mass is 9.80. The molecule has 1 unspecified atom stereocenters. The van der Waals surface area contributed by atoms with Gasteiger partial charge in [0.25, 0.3) is 5.91 Å². The average molecular weight is 363 g/mol. The van der Waals surface area contributed by atoms with Gasteiger partial charge in [-0.15, -0.1) is 11.3 Å². The molecule has 7 nitrogen and oxygen atoms in total. The summed E-state index contributed by atoms with van der Waals surface area (Å²) >= 11 is 1.55. The largest absolute Gasteiger partial charge is 0.481 e. The Balaban J connectivity index is 1.78. The van der Waals surface area contributed by atoms with Gasteiger partial charge in [0.15, 0.2) is 0 Å². The molecule has 3 rings (SSSR count). The number of nitrogens with zero attached hydrogens (tertiary/aromatic N) is 2. The first kappa shape index (κ1) is 17.6. The normalized spacial score (nSPS) is 20.6. The molecule has 2 N–H and O–H groups in total. The molecule has 2 aromatic heterocycles. The number of aryl methyl sites for hydroxylation is 1. The zero-order valence-corrected chi connectivity index (χ0v) is 15.1. The maximum atomic E-state index is 12.8. The predicted molar refractivity (Wildman–Crippen MR) is 93.7 cm³/mol. The number of aliphatic carboxylic acids is 1. The number of H-pyrrole nitrogens is 1. The number of ether oxygens (including phenoxy) is 1. The summed E-state index contributed by atoms with van der Waals surface area (Å²) in [7, 11) is 1.48. The van der Waals surface area contributed by atoms with Crippen LogP contribution in [0, 0.1) is 12.3 Å². The summed E-state index contributed by atoms with van der Waals surface area (Å²) < 4.78 is 5.11. The Morgan fingerprint density at radius 1 is 1.52 bits per heavy atom. The number of carbonyl (C=O) groups is 2. The second-order valence-electron chi connectivity index (χ2n) is 6.40. The second-order valence-corrected chi connectivity index (χ2v) is 7.46. The van der Waals surface area contributed by atoms with Gasteiger partial charge in [0.2, 0.25) is 0 Å². The standard InChI is InChI=1S/C17H21N3O4S/c1-11-19-14(8-25-11)12-6-13(18-7-12)15(21)20-5-3-4-17(9-20,10-24-2)16(22)23/h6-8,18H,3-5,9-10H2,1-2H3,(H,22,23). The molecule has 0 aromatic carbocycles. The highest BCUT2D eigenvalue weighted by atomic mass is 32.1. The molecular weight excluding hydrogens is 342 g/mol. The third kappa shape index (κ3) is 3.45. The van der Waals surface area contributed by atoms with E-state index in [9.17, 15) is 14.7 Å². The first-order chi connectivity index (χ1) is 11.9. The average Bonchev–Trinajstić information content (AvgIpc) is 3.23. The Kier molecular flexibility index (Phi) is 4.91. The summed E-state index contributed by atoms with van der Waals surface area (Å²) in [6, 6.07) is 1.77. The molecule has 0 spiro atoms. The molecule has 1 aliphatic heterocycles. The van der Waals surface area contributed by atoms with E-state index in [4.69, 9.17) is 4.74 Å². The van der Waals surface area contributed by atoms with Crippen molar-refractivity contribution >= 4 is 23.2 Å². The van der Waals surface area contributed by atoms with Crippen molar-refractivity contribution in [2.45, 2.75) is 19.8 Å². The minimum absolute atomic E-state index is 0.0974. The molecule has 0 bridgehead atoms. The van der Waals surface area contributed by atoms with Crippen LogP contribution in [0.5, 0.6) is 0 Å². The summed E-state index contributed by atoms with van der Waals surface area (Å²) in [6.07, 6.45) is 2.90. The number of carboxylic acid groups (broad SMARTS) is 1. The number of amides is 1. The quantitative estimate of drug-likeness (QED) is 0.850. The van der Waals surface area contributed by atoms with E-state index in [1.54, 1.807) is 28.5 Å². The lowest BCUT2D eigenvalue weighted by Gasteiger charge is -2.39. The van der Waals surface area contributed by atoms with Crippen LogP contribution >= 0.6 is 11.3 Å². The number of piperidine rings is 1. The fraction of sp³-hybridized carbons (Fsp3) is 0.471. The summed E-state index contributed by atoms with van der Waals surface area (Å²) in [5.41, 5.74) is 1.09. The number of hydrogen-bond donors (Lipinski definition) is 2. The molecule has 3 heterocycles. The maximum absolute atomic E-state index is 12.8. The molecule has 0 radical (unpaired) electrons. The van der Waals surface area contributed by atoms with Crippen molar-refractivity contribution in [2.24, 2.45) is 5.41 Å². The smallest absolute Gasteiger partial charge is 0.313 e. The summed E-state index contributed by atoms with van der Waals surface area (Å²) in [5, 5.41) is 12.5. The van der Waals surface area contributed by atoms with Crippen molar-refractivity contribution in [3.63, 3.8) is 0 Å². The molecule has 0 aliphatic carbocycles. The van der Waals surface area contributed by atoms with Gasteiger partial charge < -0.3 is 19.7 Å². The number of carboxylic acids is 1. The monoisotopic (exact) mass is 363 g/mol. The van der Waals surface area contributed by atoms with E-state index in [0.29, 0.717) is 25.1 Å². The number of aromatic amines is 1. The van der Waals surface area contributed by atoms with Crippen LogP contribution < -0.4 is 0 Å². The first-order valence-corrected chi connectivity index (χ1v) is 8.96. The van der Waals surface area contributed by atoms with Crippen molar-refractivity contribution in [1.82, 2.24) is 14.9 Å². The highest BCUT2D eigenvalue weighted by Crippen LogP contribution is 2.32. The number of rotatable bonds is 5. The molecule has 25 heavy (non-hydrogen) atoms. The lowest BCUT2D eigenvalue weighted by molar-refractivity contribution is -0.155. The minimum Gasteiger partial charge on any atom is -0.481 e. The van der Waals surface area contributed by atoms with E-state index in [0.717, 1.165) is 16.3 Å². The third-order valence-electron chi connectivity index (χ3n) is 4.57. The summed E-state index contributed by atoms with van der Waals surface area (Å²) in [4.78, 5) is 33.5. The van der Waals surface area contributed by atoms with Crippen molar-refractivity contribution in [2.75, 3.05) is 26.8 Å². The number of likely N-dealkylation sites (tertiary alicyclic amines) is 1. The number of methoxy groups -OCH3 is 1. The van der Waals surface area contributed by atoms with Crippen LogP contribution in [-0.4, -0.2) is 58.7 Å². The van der Waals surface area contributed by atoms with Gasteiger partial charge in [0.1, 0.15) is 11.1 Å². The molecule has 134 valence electrons. The van der Waals surface area contributed by atoms with Crippen LogP contribution in [0.1, 0.15) is 28.3 Å². The number of carbonyl (C=O) groups excluding carboxylic acids is 1. The first-order valence-electron chi connectivity index (χ1n) is 8.08. The third-order valence-corrected chi connectivity index (χ3v) is 5.34. The van der Waals surface area contributed by atoms with E-state index >= 15 is 0 Å². The van der Waals surface area contributed by atoms with Gasteiger partial charge in [0, 0.05) is 37.3 Å². The van der Waals surface area contributed by atoms with E-state index in [1.807, 2.05) is 12.3 Å².